The van der Waals surface area contributed by atoms with Gasteiger partial charge >= 0.3 is 5.97 Å². The Hall–Kier alpha value is -1.10. The molecule has 100 valence electrons. The van der Waals surface area contributed by atoms with Crippen molar-refractivity contribution in [1.82, 2.24) is 10.2 Å². The third-order valence-corrected chi connectivity index (χ3v) is 2.51. The fourth-order valence-electron chi connectivity index (χ4n) is 1.40. The van der Waals surface area contributed by atoms with E-state index in [1.54, 1.807) is 4.90 Å². The van der Waals surface area contributed by atoms with Crippen LogP contribution in [0.1, 0.15) is 33.6 Å². The lowest BCUT2D eigenvalue weighted by molar-refractivity contribution is -0.142. The van der Waals surface area contributed by atoms with E-state index in [4.69, 9.17) is 0 Å². The van der Waals surface area contributed by atoms with Crippen LogP contribution >= 0.6 is 0 Å². The number of ether oxygens (including phenoxy) is 1. The fraction of sp³-hybridized carbons (Fsp3) is 0.833. The monoisotopic (exact) mass is 244 g/mol. The van der Waals surface area contributed by atoms with Gasteiger partial charge in [-0.05, 0) is 26.3 Å². The first-order valence-electron chi connectivity index (χ1n) is 6.11. The zero-order chi connectivity index (χ0) is 13.3. The highest BCUT2D eigenvalue weighted by atomic mass is 16.5. The predicted molar refractivity (Wildman–Crippen MR) is 66.6 cm³/mol. The molecule has 0 aliphatic heterocycles. The Kier molecular flexibility index (Phi) is 8.40. The van der Waals surface area contributed by atoms with Crippen molar-refractivity contribution in [3.8, 4) is 0 Å². The highest BCUT2D eigenvalue weighted by Gasteiger charge is 2.14. The molecule has 0 aromatic carbocycles. The van der Waals surface area contributed by atoms with Gasteiger partial charge in [0, 0.05) is 6.04 Å². The quantitative estimate of drug-likeness (QED) is 0.641. The van der Waals surface area contributed by atoms with E-state index in [-0.39, 0.29) is 31.0 Å². The van der Waals surface area contributed by atoms with Crippen LogP contribution in [0.25, 0.3) is 0 Å². The molecule has 0 rings (SSSR count). The molecule has 1 amide bonds. The van der Waals surface area contributed by atoms with Gasteiger partial charge in [0.05, 0.1) is 20.2 Å². The van der Waals surface area contributed by atoms with Crippen molar-refractivity contribution in [3.63, 3.8) is 0 Å². The van der Waals surface area contributed by atoms with Crippen LogP contribution in [0.15, 0.2) is 0 Å². The smallest absolute Gasteiger partial charge is 0.319 e. The van der Waals surface area contributed by atoms with Gasteiger partial charge in [0.2, 0.25) is 5.91 Å². The van der Waals surface area contributed by atoms with Crippen molar-refractivity contribution in [1.29, 1.82) is 0 Å². The number of hydrogen-bond donors (Lipinski definition) is 1. The Bertz CT molecular complexity index is 244. The highest BCUT2D eigenvalue weighted by molar-refractivity contribution is 5.79. The van der Waals surface area contributed by atoms with Crippen molar-refractivity contribution < 1.29 is 14.3 Å². The molecular weight excluding hydrogens is 220 g/mol. The minimum Gasteiger partial charge on any atom is -0.468 e. The van der Waals surface area contributed by atoms with Crippen LogP contribution in [-0.4, -0.2) is 49.6 Å². The molecule has 1 N–H and O–H groups in total. The molecule has 1 atom stereocenters. The van der Waals surface area contributed by atoms with Crippen LogP contribution in [0.4, 0.5) is 0 Å². The highest BCUT2D eigenvalue weighted by Crippen LogP contribution is 1.94. The summed E-state index contributed by atoms with van der Waals surface area (Å²) in [6.45, 7) is 7.11. The number of carbonyl (C=O) groups excluding carboxylic acids is 2. The van der Waals surface area contributed by atoms with Gasteiger partial charge in [0.25, 0.3) is 0 Å². The van der Waals surface area contributed by atoms with Crippen LogP contribution in [0.3, 0.4) is 0 Å². The molecule has 0 radical (unpaired) electrons. The molecule has 0 fully saturated rings. The van der Waals surface area contributed by atoms with E-state index in [1.165, 1.54) is 7.11 Å². The average molecular weight is 244 g/mol. The third-order valence-electron chi connectivity index (χ3n) is 2.51. The Labute approximate surface area is 103 Å². The van der Waals surface area contributed by atoms with Crippen LogP contribution < -0.4 is 5.32 Å². The van der Waals surface area contributed by atoms with Gasteiger partial charge in [-0.1, -0.05) is 13.8 Å². The van der Waals surface area contributed by atoms with E-state index < -0.39 is 0 Å². The molecule has 17 heavy (non-hydrogen) atoms. The first-order chi connectivity index (χ1) is 8.03. The van der Waals surface area contributed by atoms with Gasteiger partial charge in [0.15, 0.2) is 0 Å². The van der Waals surface area contributed by atoms with E-state index in [0.717, 1.165) is 12.8 Å². The molecular formula is C12H24N2O3. The summed E-state index contributed by atoms with van der Waals surface area (Å²) in [7, 11) is 1.35. The van der Waals surface area contributed by atoms with E-state index in [9.17, 15) is 9.59 Å². The lowest BCUT2D eigenvalue weighted by Gasteiger charge is -2.20. The second-order valence-corrected chi connectivity index (χ2v) is 4.16. The standard InChI is InChI=1S/C12H24N2O3/c1-5-7-14(9-12(16)17-4)8-11(15)13-10(3)6-2/h10H,5-9H2,1-4H3,(H,13,15). The Morgan fingerprint density at radius 3 is 2.41 bits per heavy atom. The zero-order valence-corrected chi connectivity index (χ0v) is 11.3. The van der Waals surface area contributed by atoms with Crippen molar-refractivity contribution in [2.45, 2.75) is 39.7 Å². The molecule has 0 saturated heterocycles. The Morgan fingerprint density at radius 2 is 1.94 bits per heavy atom. The van der Waals surface area contributed by atoms with Crippen LogP contribution in [0, 0.1) is 0 Å². The number of amides is 1. The van der Waals surface area contributed by atoms with Crippen molar-refractivity contribution in [2.75, 3.05) is 26.7 Å². The van der Waals surface area contributed by atoms with Crippen molar-refractivity contribution in [3.05, 3.63) is 0 Å². The second kappa shape index (κ2) is 8.98. The topological polar surface area (TPSA) is 58.6 Å². The van der Waals surface area contributed by atoms with Gasteiger partial charge in [-0.15, -0.1) is 0 Å². The first kappa shape index (κ1) is 15.9. The zero-order valence-electron chi connectivity index (χ0n) is 11.3. The van der Waals surface area contributed by atoms with Gasteiger partial charge in [-0.2, -0.15) is 0 Å². The van der Waals surface area contributed by atoms with Crippen LogP contribution in [-0.2, 0) is 14.3 Å². The number of hydrogen-bond acceptors (Lipinski definition) is 4. The minimum atomic E-state index is -0.310. The summed E-state index contributed by atoms with van der Waals surface area (Å²) in [5.74, 6) is -0.355. The maximum atomic E-state index is 11.7. The molecule has 1 unspecified atom stereocenters. The molecule has 0 heterocycles. The summed E-state index contributed by atoms with van der Waals surface area (Å²) in [5.41, 5.74) is 0. The van der Waals surface area contributed by atoms with Gasteiger partial charge in [-0.25, -0.2) is 0 Å². The number of rotatable bonds is 8. The molecule has 0 aromatic heterocycles. The summed E-state index contributed by atoms with van der Waals surface area (Å²) in [4.78, 5) is 24.6. The van der Waals surface area contributed by atoms with Crippen molar-refractivity contribution >= 4 is 11.9 Å². The Balaban J connectivity index is 4.14. The number of nitrogens with one attached hydrogen (secondary N) is 1. The summed E-state index contributed by atoms with van der Waals surface area (Å²) < 4.78 is 4.60. The van der Waals surface area contributed by atoms with Gasteiger partial charge in [0.1, 0.15) is 0 Å². The van der Waals surface area contributed by atoms with Crippen LogP contribution in [0.2, 0.25) is 0 Å². The normalized spacial score (nSPS) is 12.3. The lowest BCUT2D eigenvalue weighted by Crippen LogP contribution is -2.43. The summed E-state index contributed by atoms with van der Waals surface area (Å²) in [6.07, 6.45) is 1.80. The second-order valence-electron chi connectivity index (χ2n) is 4.16. The van der Waals surface area contributed by atoms with E-state index in [2.05, 4.69) is 10.1 Å². The Morgan fingerprint density at radius 1 is 1.29 bits per heavy atom. The largest absolute Gasteiger partial charge is 0.468 e. The van der Waals surface area contributed by atoms with Crippen LogP contribution in [0.5, 0.6) is 0 Å². The number of nitrogens with zero attached hydrogens (tertiary/aromatic N) is 1. The molecule has 0 bridgehead atoms. The molecule has 5 nitrogen and oxygen atoms in total. The minimum absolute atomic E-state index is 0.0447. The number of esters is 1. The average Bonchev–Trinajstić information content (AvgIpc) is 2.28. The number of carbonyl (C=O) groups is 2. The molecule has 0 saturated carbocycles. The lowest BCUT2D eigenvalue weighted by atomic mass is 10.2. The molecule has 0 aliphatic rings. The molecule has 0 aromatic rings. The van der Waals surface area contributed by atoms with Crippen molar-refractivity contribution in [2.24, 2.45) is 0 Å². The maximum absolute atomic E-state index is 11.7. The number of methoxy groups -OCH3 is 1. The van der Waals surface area contributed by atoms with E-state index in [1.807, 2.05) is 20.8 Å². The SMILES string of the molecule is CCCN(CC(=O)NC(C)CC)CC(=O)OC. The maximum Gasteiger partial charge on any atom is 0.319 e. The molecule has 5 heteroatoms. The summed E-state index contributed by atoms with van der Waals surface area (Å²) >= 11 is 0. The predicted octanol–water partition coefficient (Wildman–Crippen LogP) is 0.786. The van der Waals surface area contributed by atoms with Gasteiger partial charge in [-0.3, -0.25) is 14.5 Å². The fourth-order valence-corrected chi connectivity index (χ4v) is 1.40. The summed E-state index contributed by atoms with van der Waals surface area (Å²) in [5, 5.41) is 2.88. The van der Waals surface area contributed by atoms with E-state index >= 15 is 0 Å². The summed E-state index contributed by atoms with van der Waals surface area (Å²) in [6, 6.07) is 0.170. The third kappa shape index (κ3) is 7.74. The first-order valence-corrected chi connectivity index (χ1v) is 6.11. The van der Waals surface area contributed by atoms with E-state index in [0.29, 0.717) is 6.54 Å². The van der Waals surface area contributed by atoms with Gasteiger partial charge < -0.3 is 10.1 Å². The molecule has 0 spiro atoms. The molecule has 0 aliphatic carbocycles.